The van der Waals surface area contributed by atoms with E-state index in [0.29, 0.717) is 11.8 Å². The van der Waals surface area contributed by atoms with Crippen molar-refractivity contribution in [1.29, 1.82) is 0 Å². The summed E-state index contributed by atoms with van der Waals surface area (Å²) in [6, 6.07) is -1.19. The largest absolute Gasteiger partial charge is 0.352 e. The number of amides is 3. The third-order valence-electron chi connectivity index (χ3n) is 2.91. The van der Waals surface area contributed by atoms with E-state index in [1.807, 2.05) is 4.90 Å². The van der Waals surface area contributed by atoms with E-state index in [1.54, 1.807) is 6.92 Å². The molecule has 0 bridgehead atoms. The highest BCUT2D eigenvalue weighted by atomic mass is 16.2. The minimum Gasteiger partial charge on any atom is -0.352 e. The average Bonchev–Trinajstić information content (AvgIpc) is 2.13. The first-order chi connectivity index (χ1) is 7.40. The molecule has 1 aliphatic heterocycles. The molecule has 0 saturated carbocycles. The van der Waals surface area contributed by atoms with Crippen LogP contribution >= 0.6 is 0 Å². The minimum absolute atomic E-state index is 0.0443. The number of hydrogen-bond acceptors (Lipinski definition) is 2. The lowest BCUT2D eigenvalue weighted by molar-refractivity contribution is -0.135. The highest BCUT2D eigenvalue weighted by Gasteiger charge is 2.28. The molecule has 5 nitrogen and oxygen atoms in total. The average molecular weight is 227 g/mol. The topological polar surface area (TPSA) is 75.4 Å². The second-order valence-corrected chi connectivity index (χ2v) is 4.92. The number of piperidine rings is 1. The predicted octanol–water partition coefficient (Wildman–Crippen LogP) is 0.548. The fourth-order valence-electron chi connectivity index (χ4n) is 2.39. The third-order valence-corrected chi connectivity index (χ3v) is 2.91. The highest BCUT2D eigenvalue weighted by Crippen LogP contribution is 2.21. The first-order valence-electron chi connectivity index (χ1n) is 5.75. The normalized spacial score (nSPS) is 27.3. The summed E-state index contributed by atoms with van der Waals surface area (Å²) >= 11 is 0. The van der Waals surface area contributed by atoms with E-state index in [0.717, 1.165) is 19.5 Å². The van der Waals surface area contributed by atoms with Crippen LogP contribution in [-0.2, 0) is 4.79 Å². The molecule has 1 saturated heterocycles. The number of rotatable bonds is 2. The monoisotopic (exact) mass is 227 g/mol. The van der Waals surface area contributed by atoms with Crippen molar-refractivity contribution >= 4 is 11.9 Å². The zero-order valence-electron chi connectivity index (χ0n) is 10.2. The molecule has 0 aliphatic carbocycles. The number of carbonyl (C=O) groups is 2. The summed E-state index contributed by atoms with van der Waals surface area (Å²) in [6.07, 6.45) is 1.15. The summed E-state index contributed by atoms with van der Waals surface area (Å²) in [5, 5.41) is 2.42. The van der Waals surface area contributed by atoms with Gasteiger partial charge in [-0.1, -0.05) is 13.8 Å². The van der Waals surface area contributed by atoms with E-state index < -0.39 is 12.1 Å². The number of primary amides is 1. The number of urea groups is 1. The van der Waals surface area contributed by atoms with E-state index >= 15 is 0 Å². The van der Waals surface area contributed by atoms with E-state index in [2.05, 4.69) is 19.2 Å². The van der Waals surface area contributed by atoms with Crippen molar-refractivity contribution in [2.75, 3.05) is 13.1 Å². The molecule has 3 atom stereocenters. The van der Waals surface area contributed by atoms with Crippen molar-refractivity contribution < 1.29 is 9.59 Å². The summed E-state index contributed by atoms with van der Waals surface area (Å²) in [5.41, 5.74) is 4.99. The second-order valence-electron chi connectivity index (χ2n) is 4.92. The van der Waals surface area contributed by atoms with E-state index in [-0.39, 0.29) is 5.91 Å². The second kappa shape index (κ2) is 5.18. The van der Waals surface area contributed by atoms with Crippen LogP contribution in [0.3, 0.4) is 0 Å². The molecule has 0 aromatic rings. The quantitative estimate of drug-likeness (QED) is 0.722. The van der Waals surface area contributed by atoms with Crippen LogP contribution in [0, 0.1) is 11.8 Å². The molecule has 0 radical (unpaired) electrons. The van der Waals surface area contributed by atoms with Crippen molar-refractivity contribution in [3.05, 3.63) is 0 Å². The van der Waals surface area contributed by atoms with Gasteiger partial charge in [-0.3, -0.25) is 4.79 Å². The molecule has 5 heteroatoms. The van der Waals surface area contributed by atoms with Gasteiger partial charge in [-0.15, -0.1) is 0 Å². The van der Waals surface area contributed by atoms with Crippen LogP contribution in [0.4, 0.5) is 4.79 Å². The van der Waals surface area contributed by atoms with Crippen molar-refractivity contribution in [3.8, 4) is 0 Å². The number of hydrogen-bond donors (Lipinski definition) is 2. The number of nitrogens with one attached hydrogen (secondary N) is 1. The third kappa shape index (κ3) is 3.40. The summed E-state index contributed by atoms with van der Waals surface area (Å²) < 4.78 is 0. The van der Waals surface area contributed by atoms with Gasteiger partial charge in [-0.2, -0.15) is 0 Å². The highest BCUT2D eigenvalue weighted by molar-refractivity contribution is 5.86. The van der Waals surface area contributed by atoms with Gasteiger partial charge in [0.1, 0.15) is 6.04 Å². The zero-order chi connectivity index (χ0) is 12.3. The zero-order valence-corrected chi connectivity index (χ0v) is 10.2. The van der Waals surface area contributed by atoms with Crippen molar-refractivity contribution in [2.24, 2.45) is 17.6 Å². The van der Waals surface area contributed by atoms with Crippen molar-refractivity contribution in [1.82, 2.24) is 10.2 Å². The molecule has 3 unspecified atom stereocenters. The molecule has 0 aromatic carbocycles. The van der Waals surface area contributed by atoms with E-state index in [9.17, 15) is 9.59 Å². The summed E-state index contributed by atoms with van der Waals surface area (Å²) in [4.78, 5) is 24.5. The molecule has 0 aromatic heterocycles. The fraction of sp³-hybridized carbons (Fsp3) is 0.818. The maximum Gasteiger partial charge on any atom is 0.312 e. The SMILES string of the molecule is CC1CC(C)CN(C(=O)C(C)NC(N)=O)C1. The number of nitrogens with zero attached hydrogens (tertiary/aromatic N) is 1. The van der Waals surface area contributed by atoms with Gasteiger partial charge >= 0.3 is 6.03 Å². The van der Waals surface area contributed by atoms with Crippen molar-refractivity contribution in [2.45, 2.75) is 33.2 Å². The summed E-state index contributed by atoms with van der Waals surface area (Å²) in [7, 11) is 0. The van der Waals surface area contributed by atoms with Gasteiger partial charge in [0.2, 0.25) is 5.91 Å². The standard InChI is InChI=1S/C11H21N3O2/c1-7-4-8(2)6-14(5-7)10(15)9(3)13-11(12)16/h7-9H,4-6H2,1-3H3,(H3,12,13,16). The Morgan fingerprint density at radius 1 is 1.31 bits per heavy atom. The molecular weight excluding hydrogens is 206 g/mol. The molecule has 16 heavy (non-hydrogen) atoms. The lowest BCUT2D eigenvalue weighted by atomic mass is 9.91. The van der Waals surface area contributed by atoms with Gasteiger partial charge < -0.3 is 16.0 Å². The fourth-order valence-corrected chi connectivity index (χ4v) is 2.39. The smallest absolute Gasteiger partial charge is 0.312 e. The first kappa shape index (κ1) is 12.8. The van der Waals surface area contributed by atoms with Crippen molar-refractivity contribution in [3.63, 3.8) is 0 Å². The Balaban J connectivity index is 2.55. The molecule has 1 heterocycles. The molecule has 0 spiro atoms. The van der Waals surface area contributed by atoms with Crippen LogP contribution < -0.4 is 11.1 Å². The van der Waals surface area contributed by atoms with Crippen LogP contribution in [0.5, 0.6) is 0 Å². The maximum atomic E-state index is 12.0. The van der Waals surface area contributed by atoms with Gasteiger partial charge in [-0.05, 0) is 25.2 Å². The van der Waals surface area contributed by atoms with Crippen LogP contribution in [-0.4, -0.2) is 36.0 Å². The van der Waals surface area contributed by atoms with Gasteiger partial charge in [0.25, 0.3) is 0 Å². The van der Waals surface area contributed by atoms with Gasteiger partial charge in [-0.25, -0.2) is 4.79 Å². The van der Waals surface area contributed by atoms with Crippen LogP contribution in [0.1, 0.15) is 27.2 Å². The Morgan fingerprint density at radius 3 is 2.25 bits per heavy atom. The van der Waals surface area contributed by atoms with Gasteiger partial charge in [0, 0.05) is 13.1 Å². The van der Waals surface area contributed by atoms with Crippen LogP contribution in [0.2, 0.25) is 0 Å². The van der Waals surface area contributed by atoms with Gasteiger partial charge in [0.05, 0.1) is 0 Å². The Labute approximate surface area is 96.4 Å². The first-order valence-corrected chi connectivity index (χ1v) is 5.75. The molecule has 92 valence electrons. The lowest BCUT2D eigenvalue weighted by Gasteiger charge is -2.36. The maximum absolute atomic E-state index is 12.0. The summed E-state index contributed by atoms with van der Waals surface area (Å²) in [6.45, 7) is 7.49. The molecular formula is C11H21N3O2. The number of nitrogens with two attached hydrogens (primary N) is 1. The molecule has 3 amide bonds. The predicted molar refractivity (Wildman–Crippen MR) is 61.7 cm³/mol. The van der Waals surface area contributed by atoms with E-state index in [4.69, 9.17) is 5.73 Å². The Morgan fingerprint density at radius 2 is 1.81 bits per heavy atom. The summed E-state index contributed by atoms with van der Waals surface area (Å²) in [5.74, 6) is 0.999. The Hall–Kier alpha value is -1.26. The molecule has 1 fully saturated rings. The Kier molecular flexibility index (Phi) is 4.15. The number of carbonyl (C=O) groups excluding carboxylic acids is 2. The van der Waals surface area contributed by atoms with Gasteiger partial charge in [0.15, 0.2) is 0 Å². The lowest BCUT2D eigenvalue weighted by Crippen LogP contribution is -2.52. The molecule has 1 rings (SSSR count). The molecule has 3 N–H and O–H groups in total. The minimum atomic E-state index is -0.654. The van der Waals surface area contributed by atoms with E-state index in [1.165, 1.54) is 0 Å². The van der Waals surface area contributed by atoms with Crippen LogP contribution in [0.25, 0.3) is 0 Å². The Bertz CT molecular complexity index is 270. The number of likely N-dealkylation sites (tertiary alicyclic amines) is 1. The van der Waals surface area contributed by atoms with Crippen LogP contribution in [0.15, 0.2) is 0 Å². The molecule has 1 aliphatic rings.